The number of nitrogens with one attached hydrogen (secondary N) is 1. The minimum Gasteiger partial charge on any atom is -0.359 e. The maximum Gasteiger partial charge on any atom is 0.223 e. The average Bonchev–Trinajstić information content (AvgIpc) is 2.98. The van der Waals surface area contributed by atoms with Crippen molar-refractivity contribution in [1.82, 2.24) is 10.3 Å². The van der Waals surface area contributed by atoms with Crippen LogP contribution in [-0.2, 0) is 4.79 Å². The fraction of sp³-hybridized carbons (Fsp3) is 0.400. The Morgan fingerprint density at radius 3 is 2.85 bits per heavy atom. The molecule has 2 atom stereocenters. The summed E-state index contributed by atoms with van der Waals surface area (Å²) in [5.41, 5.74) is 1.23. The minimum atomic E-state index is 0.154. The van der Waals surface area contributed by atoms with Gasteiger partial charge in [-0.05, 0) is 30.0 Å². The monoisotopic (exact) mass is 176 g/mol. The van der Waals surface area contributed by atoms with Crippen LogP contribution in [0.25, 0.3) is 0 Å². The van der Waals surface area contributed by atoms with Gasteiger partial charge in [0.05, 0.1) is 0 Å². The van der Waals surface area contributed by atoms with E-state index in [1.165, 1.54) is 5.56 Å². The quantitative estimate of drug-likeness (QED) is 0.728. The number of carbonyl (C=O) groups excluding carboxylic acids is 1. The third-order valence-electron chi connectivity index (χ3n) is 2.51. The maximum absolute atomic E-state index is 11.2. The van der Waals surface area contributed by atoms with E-state index in [2.05, 4.69) is 10.3 Å². The van der Waals surface area contributed by atoms with Crippen LogP contribution < -0.4 is 5.32 Å². The van der Waals surface area contributed by atoms with Crippen molar-refractivity contribution in [3.8, 4) is 0 Å². The van der Waals surface area contributed by atoms with Gasteiger partial charge in [-0.15, -0.1) is 0 Å². The summed E-state index contributed by atoms with van der Waals surface area (Å²) >= 11 is 0. The number of amides is 1. The summed E-state index contributed by atoms with van der Waals surface area (Å²) in [5, 5.41) is 2.67. The Morgan fingerprint density at radius 1 is 1.54 bits per heavy atom. The summed E-state index contributed by atoms with van der Waals surface area (Å²) in [5.74, 6) is 0.761. The highest BCUT2D eigenvalue weighted by Gasteiger charge is 2.43. The number of hydrogen-bond acceptors (Lipinski definition) is 2. The van der Waals surface area contributed by atoms with Crippen molar-refractivity contribution in [2.45, 2.75) is 12.3 Å². The van der Waals surface area contributed by atoms with Crippen LogP contribution in [0, 0.1) is 5.92 Å². The standard InChI is InChI=1S/C10H12N2O/c1-11-10(13)9-6-8(9)7-2-4-12-5-3-7/h2-5,8-9H,6H2,1H3,(H,11,13)/t8-,9+/m1/s1. The predicted octanol–water partition coefficient (Wildman–Crippen LogP) is 0.931. The van der Waals surface area contributed by atoms with E-state index in [0.717, 1.165) is 6.42 Å². The zero-order chi connectivity index (χ0) is 9.26. The van der Waals surface area contributed by atoms with Gasteiger partial charge in [-0.2, -0.15) is 0 Å². The number of carbonyl (C=O) groups is 1. The lowest BCUT2D eigenvalue weighted by Gasteiger charge is -1.98. The highest BCUT2D eigenvalue weighted by Crippen LogP contribution is 2.47. The van der Waals surface area contributed by atoms with E-state index in [1.54, 1.807) is 19.4 Å². The molecule has 2 rings (SSSR count). The van der Waals surface area contributed by atoms with Crippen LogP contribution in [0.2, 0.25) is 0 Å². The van der Waals surface area contributed by atoms with Gasteiger partial charge in [0.25, 0.3) is 0 Å². The second-order valence-electron chi connectivity index (χ2n) is 3.34. The van der Waals surface area contributed by atoms with Crippen LogP contribution in [0.1, 0.15) is 17.9 Å². The Kier molecular flexibility index (Phi) is 2.00. The molecule has 1 saturated carbocycles. The molecule has 0 saturated heterocycles. The third kappa shape index (κ3) is 1.54. The molecule has 1 amide bonds. The van der Waals surface area contributed by atoms with Crippen molar-refractivity contribution in [2.24, 2.45) is 5.92 Å². The summed E-state index contributed by atoms with van der Waals surface area (Å²) in [6, 6.07) is 3.96. The molecule has 1 N–H and O–H groups in total. The Morgan fingerprint density at radius 2 is 2.23 bits per heavy atom. The molecule has 68 valence electrons. The van der Waals surface area contributed by atoms with E-state index >= 15 is 0 Å². The lowest BCUT2D eigenvalue weighted by molar-refractivity contribution is -0.121. The van der Waals surface area contributed by atoms with Gasteiger partial charge in [0.2, 0.25) is 5.91 Å². The topological polar surface area (TPSA) is 42.0 Å². The Balaban J connectivity index is 2.04. The molecular weight excluding hydrogens is 164 g/mol. The summed E-state index contributed by atoms with van der Waals surface area (Å²) in [6.07, 6.45) is 4.52. The zero-order valence-corrected chi connectivity index (χ0v) is 7.53. The first kappa shape index (κ1) is 8.23. The van der Waals surface area contributed by atoms with Crippen molar-refractivity contribution in [2.75, 3.05) is 7.05 Å². The van der Waals surface area contributed by atoms with Gasteiger partial charge in [-0.3, -0.25) is 9.78 Å². The SMILES string of the molecule is CNC(=O)[C@H]1C[C@@H]1c1ccncc1. The largest absolute Gasteiger partial charge is 0.359 e. The van der Waals surface area contributed by atoms with Crippen LogP contribution in [-0.4, -0.2) is 17.9 Å². The molecule has 0 radical (unpaired) electrons. The van der Waals surface area contributed by atoms with Crippen LogP contribution in [0.3, 0.4) is 0 Å². The highest BCUT2D eigenvalue weighted by molar-refractivity contribution is 5.82. The van der Waals surface area contributed by atoms with Crippen molar-refractivity contribution in [1.29, 1.82) is 0 Å². The summed E-state index contributed by atoms with van der Waals surface area (Å²) < 4.78 is 0. The first-order valence-electron chi connectivity index (χ1n) is 4.44. The lowest BCUT2D eigenvalue weighted by Crippen LogP contribution is -2.20. The third-order valence-corrected chi connectivity index (χ3v) is 2.51. The van der Waals surface area contributed by atoms with Gasteiger partial charge in [-0.1, -0.05) is 0 Å². The van der Waals surface area contributed by atoms with E-state index in [-0.39, 0.29) is 11.8 Å². The Bertz CT molecular complexity index is 310. The van der Waals surface area contributed by atoms with Gasteiger partial charge < -0.3 is 5.32 Å². The highest BCUT2D eigenvalue weighted by atomic mass is 16.1. The molecule has 3 nitrogen and oxygen atoms in total. The summed E-state index contributed by atoms with van der Waals surface area (Å²) in [7, 11) is 1.68. The number of aromatic nitrogens is 1. The minimum absolute atomic E-state index is 0.154. The molecular formula is C10H12N2O. The van der Waals surface area contributed by atoms with Gasteiger partial charge >= 0.3 is 0 Å². The summed E-state index contributed by atoms with van der Waals surface area (Å²) in [6.45, 7) is 0. The second kappa shape index (κ2) is 3.17. The second-order valence-corrected chi connectivity index (χ2v) is 3.34. The van der Waals surface area contributed by atoms with Crippen LogP contribution in [0.4, 0.5) is 0 Å². The molecule has 3 heteroatoms. The van der Waals surface area contributed by atoms with E-state index < -0.39 is 0 Å². The van der Waals surface area contributed by atoms with Crippen LogP contribution in [0.15, 0.2) is 24.5 Å². The molecule has 0 aliphatic heterocycles. The smallest absolute Gasteiger partial charge is 0.223 e. The molecule has 1 aliphatic carbocycles. The van der Waals surface area contributed by atoms with Crippen molar-refractivity contribution >= 4 is 5.91 Å². The normalized spacial score (nSPS) is 25.3. The fourth-order valence-electron chi connectivity index (χ4n) is 1.65. The molecule has 1 aromatic rings. The Hall–Kier alpha value is -1.38. The molecule has 1 aliphatic rings. The molecule has 1 fully saturated rings. The number of pyridine rings is 1. The van der Waals surface area contributed by atoms with Gasteiger partial charge in [0.1, 0.15) is 0 Å². The van der Waals surface area contributed by atoms with Gasteiger partial charge in [0, 0.05) is 25.4 Å². The molecule has 0 unspecified atom stereocenters. The number of hydrogen-bond donors (Lipinski definition) is 1. The van der Waals surface area contributed by atoms with E-state index in [0.29, 0.717) is 5.92 Å². The molecule has 0 bridgehead atoms. The predicted molar refractivity (Wildman–Crippen MR) is 49.2 cm³/mol. The lowest BCUT2D eigenvalue weighted by atomic mass is 10.1. The molecule has 13 heavy (non-hydrogen) atoms. The first-order valence-corrected chi connectivity index (χ1v) is 4.44. The number of rotatable bonds is 2. The molecule has 0 aromatic carbocycles. The number of nitrogens with zero attached hydrogens (tertiary/aromatic N) is 1. The van der Waals surface area contributed by atoms with Gasteiger partial charge in [0.15, 0.2) is 0 Å². The van der Waals surface area contributed by atoms with Crippen LogP contribution >= 0.6 is 0 Å². The van der Waals surface area contributed by atoms with Crippen molar-refractivity contribution < 1.29 is 4.79 Å². The molecule has 1 heterocycles. The first-order chi connectivity index (χ1) is 6.33. The van der Waals surface area contributed by atoms with E-state index in [9.17, 15) is 4.79 Å². The van der Waals surface area contributed by atoms with Gasteiger partial charge in [-0.25, -0.2) is 0 Å². The molecule has 0 spiro atoms. The average molecular weight is 176 g/mol. The van der Waals surface area contributed by atoms with E-state index in [4.69, 9.17) is 0 Å². The maximum atomic E-state index is 11.2. The van der Waals surface area contributed by atoms with Crippen molar-refractivity contribution in [3.05, 3.63) is 30.1 Å². The van der Waals surface area contributed by atoms with Crippen molar-refractivity contribution in [3.63, 3.8) is 0 Å². The molecule has 1 aromatic heterocycles. The van der Waals surface area contributed by atoms with E-state index in [1.807, 2.05) is 12.1 Å². The van der Waals surface area contributed by atoms with Crippen LogP contribution in [0.5, 0.6) is 0 Å². The fourth-order valence-corrected chi connectivity index (χ4v) is 1.65. The zero-order valence-electron chi connectivity index (χ0n) is 7.53. The Labute approximate surface area is 77.2 Å². The summed E-state index contributed by atoms with van der Waals surface area (Å²) in [4.78, 5) is 15.2.